The highest BCUT2D eigenvalue weighted by Gasteiger charge is 2.03. The second-order valence-electron chi connectivity index (χ2n) is 2.69. The molecule has 0 heterocycles. The number of ether oxygens (including phenoxy) is 2. The van der Waals surface area contributed by atoms with E-state index in [1.165, 1.54) is 5.56 Å². The highest BCUT2D eigenvalue weighted by atomic mass is 28.1. The van der Waals surface area contributed by atoms with Crippen LogP contribution >= 0.6 is 0 Å². The van der Waals surface area contributed by atoms with Gasteiger partial charge in [0.25, 0.3) is 5.95 Å². The Morgan fingerprint density at radius 2 is 1.62 bits per heavy atom. The van der Waals surface area contributed by atoms with Crippen LogP contribution in [0.5, 0.6) is 0 Å². The van der Waals surface area contributed by atoms with E-state index in [-0.39, 0.29) is 0 Å². The lowest BCUT2D eigenvalue weighted by atomic mass is 10.2. The Bertz CT molecular complexity index is 287. The molecule has 0 spiro atoms. The average molecular weight is 194 g/mol. The van der Waals surface area contributed by atoms with Gasteiger partial charge in [0.05, 0.1) is 14.2 Å². The summed E-state index contributed by atoms with van der Waals surface area (Å²) in [4.78, 5) is 0. The van der Waals surface area contributed by atoms with Crippen LogP contribution in [0.1, 0.15) is 5.56 Å². The van der Waals surface area contributed by atoms with Gasteiger partial charge in [-0.1, -0.05) is 30.3 Å². The molecule has 0 amide bonds. The number of rotatable bonds is 3. The Morgan fingerprint density at radius 3 is 2.08 bits per heavy atom. The van der Waals surface area contributed by atoms with Crippen molar-refractivity contribution in [2.24, 2.45) is 0 Å². The Hall–Kier alpha value is -1.22. The van der Waals surface area contributed by atoms with E-state index in [0.29, 0.717) is 5.95 Å². The van der Waals surface area contributed by atoms with Crippen LogP contribution < -0.4 is 0 Å². The first kappa shape index (κ1) is 9.86. The fourth-order valence-corrected chi connectivity index (χ4v) is 1.94. The quantitative estimate of drug-likeness (QED) is 0.527. The zero-order valence-electron chi connectivity index (χ0n) is 8.20. The largest absolute Gasteiger partial charge is 0.469 e. The third kappa shape index (κ3) is 2.35. The molecule has 0 saturated carbocycles. The Morgan fingerprint density at radius 1 is 1.08 bits per heavy atom. The maximum absolute atomic E-state index is 5.11. The standard InChI is InChI=1S/C10H14O2Si/c1-11-10(12-2)9(13)8-6-4-3-5-7-8/h3-7H,1-2,13H3. The molecule has 13 heavy (non-hydrogen) atoms. The molecule has 0 aliphatic heterocycles. The van der Waals surface area contributed by atoms with Crippen LogP contribution in [0.25, 0.3) is 5.20 Å². The maximum atomic E-state index is 5.11. The van der Waals surface area contributed by atoms with Gasteiger partial charge < -0.3 is 9.47 Å². The maximum Gasteiger partial charge on any atom is 0.277 e. The van der Waals surface area contributed by atoms with Crippen molar-refractivity contribution >= 4 is 15.4 Å². The highest BCUT2D eigenvalue weighted by molar-refractivity contribution is 6.42. The van der Waals surface area contributed by atoms with Crippen molar-refractivity contribution in [3.05, 3.63) is 41.8 Å². The lowest BCUT2D eigenvalue weighted by Gasteiger charge is -2.08. The molecule has 0 atom stereocenters. The Balaban J connectivity index is 3.01. The summed E-state index contributed by atoms with van der Waals surface area (Å²) in [5, 5.41) is 1.14. The molecule has 0 radical (unpaired) electrons. The molecule has 1 aromatic rings. The molecule has 1 aromatic carbocycles. The van der Waals surface area contributed by atoms with Gasteiger partial charge >= 0.3 is 0 Å². The van der Waals surface area contributed by atoms with Gasteiger partial charge in [-0.2, -0.15) is 0 Å². The van der Waals surface area contributed by atoms with E-state index >= 15 is 0 Å². The van der Waals surface area contributed by atoms with Gasteiger partial charge in [0.2, 0.25) is 0 Å². The fraction of sp³-hybridized carbons (Fsp3) is 0.200. The van der Waals surface area contributed by atoms with Gasteiger partial charge in [0.1, 0.15) is 0 Å². The van der Waals surface area contributed by atoms with Crippen LogP contribution in [-0.2, 0) is 9.47 Å². The normalized spacial score (nSPS) is 9.38. The third-order valence-electron chi connectivity index (χ3n) is 1.88. The van der Waals surface area contributed by atoms with Gasteiger partial charge in [-0.15, -0.1) is 0 Å². The predicted octanol–water partition coefficient (Wildman–Crippen LogP) is 0.971. The van der Waals surface area contributed by atoms with Crippen LogP contribution in [0.3, 0.4) is 0 Å². The van der Waals surface area contributed by atoms with E-state index in [0.717, 1.165) is 15.4 Å². The summed E-state index contributed by atoms with van der Waals surface area (Å²) in [7, 11) is 4.16. The van der Waals surface area contributed by atoms with Crippen molar-refractivity contribution in [2.45, 2.75) is 0 Å². The lowest BCUT2D eigenvalue weighted by molar-refractivity contribution is 0.0991. The molecule has 2 nitrogen and oxygen atoms in total. The SMILES string of the molecule is COC(OC)=C([SiH3])c1ccccc1. The second kappa shape index (κ2) is 4.72. The smallest absolute Gasteiger partial charge is 0.277 e. The zero-order chi connectivity index (χ0) is 9.68. The molecule has 70 valence electrons. The minimum absolute atomic E-state index is 0.623. The molecule has 0 saturated heterocycles. The highest BCUT2D eigenvalue weighted by Crippen LogP contribution is 2.15. The number of hydrogen-bond acceptors (Lipinski definition) is 2. The molecule has 0 fully saturated rings. The monoisotopic (exact) mass is 194 g/mol. The van der Waals surface area contributed by atoms with E-state index in [2.05, 4.69) is 12.1 Å². The number of benzene rings is 1. The average Bonchev–Trinajstić information content (AvgIpc) is 2.21. The molecule has 0 bridgehead atoms. The summed E-state index contributed by atoms with van der Waals surface area (Å²) in [6.45, 7) is 0. The number of methoxy groups -OCH3 is 2. The summed E-state index contributed by atoms with van der Waals surface area (Å²) in [5.41, 5.74) is 1.17. The van der Waals surface area contributed by atoms with Gasteiger partial charge in [-0.25, -0.2) is 0 Å². The summed E-state index contributed by atoms with van der Waals surface area (Å²) < 4.78 is 10.2. The van der Waals surface area contributed by atoms with Gasteiger partial charge in [-0.05, 0) is 5.56 Å². The molecule has 3 heteroatoms. The molecule has 0 N–H and O–H groups in total. The molecule has 1 rings (SSSR count). The lowest BCUT2D eigenvalue weighted by Crippen LogP contribution is -1.96. The summed E-state index contributed by atoms with van der Waals surface area (Å²) in [6.07, 6.45) is 0. The van der Waals surface area contributed by atoms with Gasteiger partial charge in [0, 0.05) is 15.4 Å². The van der Waals surface area contributed by atoms with Crippen molar-refractivity contribution in [2.75, 3.05) is 14.2 Å². The Labute approximate surface area is 81.6 Å². The van der Waals surface area contributed by atoms with Crippen molar-refractivity contribution in [1.29, 1.82) is 0 Å². The van der Waals surface area contributed by atoms with E-state index in [1.807, 2.05) is 18.2 Å². The molecular weight excluding hydrogens is 180 g/mol. The topological polar surface area (TPSA) is 18.5 Å². The van der Waals surface area contributed by atoms with Crippen LogP contribution in [0.15, 0.2) is 36.3 Å². The third-order valence-corrected chi connectivity index (χ3v) is 2.87. The summed E-state index contributed by atoms with van der Waals surface area (Å²) >= 11 is 0. The zero-order valence-corrected chi connectivity index (χ0v) is 10.2. The summed E-state index contributed by atoms with van der Waals surface area (Å²) in [6, 6.07) is 10.1. The van der Waals surface area contributed by atoms with Gasteiger partial charge in [-0.3, -0.25) is 0 Å². The van der Waals surface area contributed by atoms with Gasteiger partial charge in [0.15, 0.2) is 0 Å². The minimum atomic E-state index is 0.623. The molecule has 0 unspecified atom stereocenters. The minimum Gasteiger partial charge on any atom is -0.469 e. The van der Waals surface area contributed by atoms with E-state index in [4.69, 9.17) is 9.47 Å². The van der Waals surface area contributed by atoms with Crippen molar-refractivity contribution < 1.29 is 9.47 Å². The first-order chi connectivity index (χ1) is 6.29. The molecule has 0 aromatic heterocycles. The predicted molar refractivity (Wildman–Crippen MR) is 57.3 cm³/mol. The second-order valence-corrected chi connectivity index (χ2v) is 3.69. The van der Waals surface area contributed by atoms with Crippen molar-refractivity contribution in [3.63, 3.8) is 0 Å². The molecular formula is C10H14O2Si. The molecule has 0 aliphatic rings. The summed E-state index contributed by atoms with van der Waals surface area (Å²) in [5.74, 6) is 0.623. The first-order valence-electron chi connectivity index (χ1n) is 4.14. The first-order valence-corrected chi connectivity index (χ1v) is 5.14. The van der Waals surface area contributed by atoms with Crippen LogP contribution in [0, 0.1) is 0 Å². The van der Waals surface area contributed by atoms with Crippen LogP contribution in [0.4, 0.5) is 0 Å². The van der Waals surface area contributed by atoms with Crippen molar-refractivity contribution in [3.8, 4) is 0 Å². The van der Waals surface area contributed by atoms with E-state index in [1.54, 1.807) is 14.2 Å². The molecule has 0 aliphatic carbocycles. The fourth-order valence-electron chi connectivity index (χ4n) is 1.20. The van der Waals surface area contributed by atoms with Crippen molar-refractivity contribution in [1.82, 2.24) is 0 Å². The Kier molecular flexibility index (Phi) is 3.58. The van der Waals surface area contributed by atoms with E-state index < -0.39 is 0 Å². The van der Waals surface area contributed by atoms with E-state index in [9.17, 15) is 0 Å². The van der Waals surface area contributed by atoms with Crippen LogP contribution in [-0.4, -0.2) is 24.5 Å². The van der Waals surface area contributed by atoms with Crippen LogP contribution in [0.2, 0.25) is 0 Å². The number of hydrogen-bond donors (Lipinski definition) is 0.